The van der Waals surface area contributed by atoms with Crippen LogP contribution in [0.4, 0.5) is 11.4 Å². The molecular weight excluding hydrogens is 382 g/mol. The number of anilines is 2. The summed E-state index contributed by atoms with van der Waals surface area (Å²) in [5.41, 5.74) is 6.39. The van der Waals surface area contributed by atoms with Gasteiger partial charge in [0.1, 0.15) is 0 Å². The number of aldehydes is 1. The summed E-state index contributed by atoms with van der Waals surface area (Å²) in [4.78, 5) is 16.6. The van der Waals surface area contributed by atoms with Crippen LogP contribution in [0.25, 0.3) is 27.5 Å². The van der Waals surface area contributed by atoms with Crippen molar-refractivity contribution in [3.8, 4) is 5.69 Å². The third kappa shape index (κ3) is 3.56. The molecule has 160 valence electrons. The zero-order valence-corrected chi connectivity index (χ0v) is 18.9. The van der Waals surface area contributed by atoms with Gasteiger partial charge < -0.3 is 14.4 Å². The van der Waals surface area contributed by atoms with Gasteiger partial charge in [0.05, 0.1) is 11.0 Å². The molecule has 0 aliphatic rings. The molecule has 0 bridgehead atoms. The maximum absolute atomic E-state index is 12.0. The van der Waals surface area contributed by atoms with Crippen LogP contribution >= 0.6 is 0 Å². The molecule has 0 N–H and O–H groups in total. The van der Waals surface area contributed by atoms with Gasteiger partial charge in [-0.15, -0.1) is 0 Å². The van der Waals surface area contributed by atoms with Crippen molar-refractivity contribution < 1.29 is 4.79 Å². The van der Waals surface area contributed by atoms with Crippen molar-refractivity contribution in [1.82, 2.24) is 4.57 Å². The van der Waals surface area contributed by atoms with Crippen LogP contribution in [0.1, 0.15) is 38.1 Å². The fourth-order valence-electron chi connectivity index (χ4n) is 4.63. The molecule has 31 heavy (non-hydrogen) atoms. The molecule has 4 aromatic rings. The second kappa shape index (κ2) is 8.84. The molecule has 4 rings (SSSR count). The van der Waals surface area contributed by atoms with Gasteiger partial charge in [0.25, 0.3) is 0 Å². The van der Waals surface area contributed by atoms with Crippen molar-refractivity contribution in [2.75, 3.05) is 36.0 Å². The Bertz CT molecular complexity index is 1200. The zero-order valence-electron chi connectivity index (χ0n) is 18.9. The number of rotatable bonds is 8. The van der Waals surface area contributed by atoms with Gasteiger partial charge in [-0.25, -0.2) is 0 Å². The fraction of sp³-hybridized carbons (Fsp3) is 0.296. The van der Waals surface area contributed by atoms with Gasteiger partial charge >= 0.3 is 0 Å². The molecule has 3 aromatic carbocycles. The summed E-state index contributed by atoms with van der Waals surface area (Å²) < 4.78 is 2.33. The minimum Gasteiger partial charge on any atom is -0.372 e. The van der Waals surface area contributed by atoms with Gasteiger partial charge in [0, 0.05) is 59.6 Å². The SMILES string of the molecule is CCN(CC)c1ccc2c3cc(C=O)c(N(CC)CC)cc3n(-c3ccccc3)c2c1. The average molecular weight is 414 g/mol. The van der Waals surface area contributed by atoms with Gasteiger partial charge in [-0.05, 0) is 64.1 Å². The van der Waals surface area contributed by atoms with Gasteiger partial charge in [-0.3, -0.25) is 4.79 Å². The largest absolute Gasteiger partial charge is 0.372 e. The lowest BCUT2D eigenvalue weighted by Crippen LogP contribution is -2.23. The standard InChI is InChI=1S/C27H31N3O/c1-5-28(6-2)22-14-15-23-24-16-20(19-31)25(29(7-3)8-4)18-27(24)30(26(23)17-22)21-12-10-9-11-13-21/h9-19H,5-8H2,1-4H3. The monoisotopic (exact) mass is 413 g/mol. The van der Waals surface area contributed by atoms with Crippen LogP contribution in [0.3, 0.4) is 0 Å². The van der Waals surface area contributed by atoms with Crippen LogP contribution in [0, 0.1) is 0 Å². The Morgan fingerprint density at radius 1 is 0.742 bits per heavy atom. The molecule has 0 aliphatic heterocycles. The van der Waals surface area contributed by atoms with Crippen LogP contribution in [-0.4, -0.2) is 37.0 Å². The lowest BCUT2D eigenvalue weighted by molar-refractivity contribution is 0.112. The molecule has 0 saturated carbocycles. The van der Waals surface area contributed by atoms with Gasteiger partial charge in [0.15, 0.2) is 6.29 Å². The first-order valence-corrected chi connectivity index (χ1v) is 11.3. The molecule has 4 nitrogen and oxygen atoms in total. The second-order valence-electron chi connectivity index (χ2n) is 7.76. The van der Waals surface area contributed by atoms with Crippen LogP contribution in [0.2, 0.25) is 0 Å². The van der Waals surface area contributed by atoms with E-state index in [0.29, 0.717) is 0 Å². The van der Waals surface area contributed by atoms with Crippen molar-refractivity contribution >= 4 is 39.5 Å². The van der Waals surface area contributed by atoms with E-state index < -0.39 is 0 Å². The van der Waals surface area contributed by atoms with E-state index in [1.165, 1.54) is 16.6 Å². The molecule has 0 fully saturated rings. The predicted octanol–water partition coefficient (Wildman–Crippen LogP) is 6.29. The Morgan fingerprint density at radius 3 is 2.00 bits per heavy atom. The topological polar surface area (TPSA) is 28.5 Å². The van der Waals surface area contributed by atoms with Crippen molar-refractivity contribution in [1.29, 1.82) is 0 Å². The summed E-state index contributed by atoms with van der Waals surface area (Å²) in [5, 5.41) is 2.28. The number of benzene rings is 3. The van der Waals surface area contributed by atoms with E-state index >= 15 is 0 Å². The number of hydrogen-bond acceptors (Lipinski definition) is 3. The fourth-order valence-corrected chi connectivity index (χ4v) is 4.63. The van der Waals surface area contributed by atoms with Crippen LogP contribution < -0.4 is 9.80 Å². The summed E-state index contributed by atoms with van der Waals surface area (Å²) in [5.74, 6) is 0. The molecule has 0 saturated heterocycles. The number of fused-ring (bicyclic) bond motifs is 3. The van der Waals surface area contributed by atoms with Crippen molar-refractivity contribution in [2.24, 2.45) is 0 Å². The Hall–Kier alpha value is -3.27. The highest BCUT2D eigenvalue weighted by molar-refractivity contribution is 6.12. The maximum atomic E-state index is 12.0. The first-order valence-electron chi connectivity index (χ1n) is 11.3. The van der Waals surface area contributed by atoms with Crippen molar-refractivity contribution in [3.63, 3.8) is 0 Å². The number of aromatic nitrogens is 1. The number of carbonyl (C=O) groups is 1. The minimum atomic E-state index is 0.746. The van der Waals surface area contributed by atoms with E-state index in [2.05, 4.69) is 96.7 Å². The third-order valence-electron chi connectivity index (χ3n) is 6.27. The molecule has 0 spiro atoms. The van der Waals surface area contributed by atoms with Gasteiger partial charge in [-0.1, -0.05) is 24.3 Å². The Kier molecular flexibility index (Phi) is 5.99. The third-order valence-corrected chi connectivity index (χ3v) is 6.27. The summed E-state index contributed by atoms with van der Waals surface area (Å²) in [6, 6.07) is 21.4. The zero-order chi connectivity index (χ0) is 22.0. The smallest absolute Gasteiger partial charge is 0.152 e. The van der Waals surface area contributed by atoms with E-state index in [9.17, 15) is 4.79 Å². The van der Waals surface area contributed by atoms with E-state index in [1.807, 2.05) is 6.07 Å². The van der Waals surface area contributed by atoms with Crippen LogP contribution in [-0.2, 0) is 0 Å². The molecule has 0 unspecified atom stereocenters. The van der Waals surface area contributed by atoms with Gasteiger partial charge in [-0.2, -0.15) is 0 Å². The number of nitrogens with zero attached hydrogens (tertiary/aromatic N) is 3. The molecule has 0 radical (unpaired) electrons. The molecule has 1 heterocycles. The lowest BCUT2D eigenvalue weighted by Gasteiger charge is -2.23. The summed E-state index contributed by atoms with van der Waals surface area (Å²) in [6.07, 6.45) is 0.989. The second-order valence-corrected chi connectivity index (χ2v) is 7.76. The molecular formula is C27H31N3O. The van der Waals surface area contributed by atoms with E-state index in [0.717, 1.165) is 60.3 Å². The van der Waals surface area contributed by atoms with Crippen LogP contribution in [0.5, 0.6) is 0 Å². The molecule has 0 amide bonds. The van der Waals surface area contributed by atoms with E-state index in [-0.39, 0.29) is 0 Å². The van der Waals surface area contributed by atoms with E-state index in [4.69, 9.17) is 0 Å². The molecule has 1 aromatic heterocycles. The predicted molar refractivity (Wildman–Crippen MR) is 133 cm³/mol. The summed E-state index contributed by atoms with van der Waals surface area (Å²) in [7, 11) is 0. The summed E-state index contributed by atoms with van der Waals surface area (Å²) in [6.45, 7) is 12.3. The van der Waals surface area contributed by atoms with Crippen molar-refractivity contribution in [2.45, 2.75) is 27.7 Å². The lowest BCUT2D eigenvalue weighted by atomic mass is 10.1. The highest BCUT2D eigenvalue weighted by Gasteiger charge is 2.18. The molecule has 4 heteroatoms. The number of carbonyl (C=O) groups excluding carboxylic acids is 1. The Balaban J connectivity index is 2.11. The first-order chi connectivity index (χ1) is 15.2. The molecule has 0 aliphatic carbocycles. The highest BCUT2D eigenvalue weighted by Crippen LogP contribution is 2.37. The Labute approximate surface area is 184 Å². The molecule has 0 atom stereocenters. The average Bonchev–Trinajstić information content (AvgIpc) is 3.13. The van der Waals surface area contributed by atoms with E-state index in [1.54, 1.807) is 0 Å². The number of para-hydroxylation sites is 1. The first kappa shape index (κ1) is 21.0. The van der Waals surface area contributed by atoms with Crippen molar-refractivity contribution in [3.05, 3.63) is 66.2 Å². The minimum absolute atomic E-state index is 0.746. The number of hydrogen-bond donors (Lipinski definition) is 0. The Morgan fingerprint density at radius 2 is 1.39 bits per heavy atom. The van der Waals surface area contributed by atoms with Gasteiger partial charge in [0.2, 0.25) is 0 Å². The normalized spacial score (nSPS) is 11.2. The maximum Gasteiger partial charge on any atom is 0.152 e. The van der Waals surface area contributed by atoms with Crippen LogP contribution in [0.15, 0.2) is 60.7 Å². The summed E-state index contributed by atoms with van der Waals surface area (Å²) >= 11 is 0. The highest BCUT2D eigenvalue weighted by atomic mass is 16.1. The quantitative estimate of drug-likeness (QED) is 0.318.